The van der Waals surface area contributed by atoms with E-state index < -0.39 is 12.1 Å². The summed E-state index contributed by atoms with van der Waals surface area (Å²) in [6, 6.07) is 4.16. The molecule has 2 aliphatic rings. The summed E-state index contributed by atoms with van der Waals surface area (Å²) in [5.41, 5.74) is 6.59. The Bertz CT molecular complexity index is 791. The Labute approximate surface area is 188 Å². The number of carbonyl (C=O) groups excluding carboxylic acids is 3. The zero-order valence-electron chi connectivity index (χ0n) is 16.0. The molecule has 1 aliphatic heterocycles. The summed E-state index contributed by atoms with van der Waals surface area (Å²) in [5, 5.41) is 15.3. The first-order valence-corrected chi connectivity index (χ1v) is 11.9. The first-order chi connectivity index (χ1) is 13.9. The van der Waals surface area contributed by atoms with Gasteiger partial charge >= 0.3 is 0 Å². The van der Waals surface area contributed by atoms with E-state index in [0.29, 0.717) is 31.1 Å². The molecular formula is C20H26IN3O4S. The quantitative estimate of drug-likeness (QED) is 0.359. The van der Waals surface area contributed by atoms with Crippen molar-refractivity contribution in [3.63, 3.8) is 0 Å². The fourth-order valence-electron chi connectivity index (χ4n) is 3.69. The minimum Gasteiger partial charge on any atom is -0.507 e. The van der Waals surface area contributed by atoms with Crippen LogP contribution in [-0.2, 0) is 20.8 Å². The number of amides is 2. The number of benzene rings is 1. The van der Waals surface area contributed by atoms with E-state index in [1.54, 1.807) is 12.1 Å². The molecule has 2 amide bonds. The fraction of sp³-hybridized carbons (Fsp3) is 0.550. The van der Waals surface area contributed by atoms with E-state index in [9.17, 15) is 19.5 Å². The Morgan fingerprint density at radius 3 is 2.83 bits per heavy atom. The highest BCUT2D eigenvalue weighted by Crippen LogP contribution is 2.43. The van der Waals surface area contributed by atoms with E-state index in [4.69, 9.17) is 5.73 Å². The second kappa shape index (κ2) is 10.1. The summed E-state index contributed by atoms with van der Waals surface area (Å²) < 4.78 is 0.736. The van der Waals surface area contributed by atoms with Crippen LogP contribution >= 0.6 is 34.4 Å². The number of hydrogen-bond donors (Lipinski definition) is 4. The highest BCUT2D eigenvalue weighted by atomic mass is 127. The van der Waals surface area contributed by atoms with Crippen LogP contribution in [0.3, 0.4) is 0 Å². The molecule has 1 aromatic carbocycles. The molecule has 0 aromatic heterocycles. The lowest BCUT2D eigenvalue weighted by Gasteiger charge is -2.21. The first-order valence-electron chi connectivity index (χ1n) is 9.83. The second-order valence-electron chi connectivity index (χ2n) is 7.59. The number of phenolic OH excluding ortho intramolecular Hbond substituents is 1. The van der Waals surface area contributed by atoms with Gasteiger partial charge in [-0.15, -0.1) is 0 Å². The summed E-state index contributed by atoms with van der Waals surface area (Å²) in [5.74, 6) is 0.868. The van der Waals surface area contributed by atoms with Crippen molar-refractivity contribution in [2.45, 2.75) is 44.2 Å². The SMILES string of the molecule is NCCC1CC1[C@H](NC(=O)CCc1ccc(O)c(I)c1)C(=O)N[C@H]1CCSC1=O. The van der Waals surface area contributed by atoms with Crippen LogP contribution in [0, 0.1) is 15.4 Å². The summed E-state index contributed by atoms with van der Waals surface area (Å²) >= 11 is 3.28. The molecule has 1 aliphatic carbocycles. The molecule has 2 fully saturated rings. The Hall–Kier alpha value is -1.33. The fourth-order valence-corrected chi connectivity index (χ4v) is 5.20. The van der Waals surface area contributed by atoms with Gasteiger partial charge in [0.05, 0.1) is 9.61 Å². The molecule has 158 valence electrons. The van der Waals surface area contributed by atoms with Gasteiger partial charge in [-0.05, 0) is 84.4 Å². The summed E-state index contributed by atoms with van der Waals surface area (Å²) in [6.07, 6.45) is 3.09. The smallest absolute Gasteiger partial charge is 0.243 e. The standard InChI is InChI=1S/C20H26IN3O4S/c21-14-9-11(1-3-16(14)25)2-4-17(26)24-18(13-10-12(13)5-7-22)19(27)23-15-6-8-29-20(15)28/h1,3,9,12-13,15,18,25H,2,4-8,10,22H2,(H,23,27)(H,24,26)/t12?,13?,15-,18-/m0/s1. The predicted octanol–water partition coefficient (Wildman–Crippen LogP) is 1.55. The van der Waals surface area contributed by atoms with E-state index in [0.717, 1.165) is 22.0 Å². The van der Waals surface area contributed by atoms with Gasteiger partial charge in [0.1, 0.15) is 11.8 Å². The Balaban J connectivity index is 1.58. The van der Waals surface area contributed by atoms with Crippen LogP contribution < -0.4 is 16.4 Å². The van der Waals surface area contributed by atoms with Crippen molar-refractivity contribution in [1.29, 1.82) is 0 Å². The van der Waals surface area contributed by atoms with Crippen molar-refractivity contribution in [3.8, 4) is 5.75 Å². The van der Waals surface area contributed by atoms with Crippen LogP contribution in [0.5, 0.6) is 5.75 Å². The molecule has 1 heterocycles. The van der Waals surface area contributed by atoms with Crippen LogP contribution in [0.15, 0.2) is 18.2 Å². The minimum absolute atomic E-state index is 0.0142. The lowest BCUT2D eigenvalue weighted by Crippen LogP contribution is -2.51. The molecule has 9 heteroatoms. The third-order valence-electron chi connectivity index (χ3n) is 5.45. The van der Waals surface area contributed by atoms with E-state index in [1.807, 2.05) is 28.7 Å². The number of carbonyl (C=O) groups is 3. The van der Waals surface area contributed by atoms with Gasteiger partial charge in [-0.1, -0.05) is 17.8 Å². The summed E-state index contributed by atoms with van der Waals surface area (Å²) in [4.78, 5) is 37.2. The molecule has 1 saturated heterocycles. The minimum atomic E-state index is -0.627. The number of nitrogens with two attached hydrogens (primary N) is 1. The zero-order valence-corrected chi connectivity index (χ0v) is 19.0. The molecule has 4 atom stereocenters. The van der Waals surface area contributed by atoms with Crippen LogP contribution in [0.1, 0.15) is 31.2 Å². The van der Waals surface area contributed by atoms with E-state index in [-0.39, 0.29) is 35.0 Å². The van der Waals surface area contributed by atoms with Crippen molar-refractivity contribution in [2.24, 2.45) is 17.6 Å². The molecule has 5 N–H and O–H groups in total. The van der Waals surface area contributed by atoms with Gasteiger partial charge in [-0.25, -0.2) is 0 Å². The summed E-state index contributed by atoms with van der Waals surface area (Å²) in [7, 11) is 0. The maximum absolute atomic E-state index is 12.8. The van der Waals surface area contributed by atoms with Crippen LogP contribution in [0.4, 0.5) is 0 Å². The second-order valence-corrected chi connectivity index (χ2v) is 9.85. The zero-order chi connectivity index (χ0) is 21.0. The Kier molecular flexibility index (Phi) is 7.80. The first kappa shape index (κ1) is 22.4. The molecule has 2 unspecified atom stereocenters. The van der Waals surface area contributed by atoms with E-state index >= 15 is 0 Å². The highest BCUT2D eigenvalue weighted by Gasteiger charge is 2.46. The molecular weight excluding hydrogens is 505 g/mol. The number of nitrogens with one attached hydrogen (secondary N) is 2. The van der Waals surface area contributed by atoms with E-state index in [1.165, 1.54) is 11.8 Å². The van der Waals surface area contributed by atoms with Crippen molar-refractivity contribution < 1.29 is 19.5 Å². The average molecular weight is 531 g/mol. The number of hydrogen-bond acceptors (Lipinski definition) is 6. The molecule has 1 saturated carbocycles. The summed E-state index contributed by atoms with van der Waals surface area (Å²) in [6.45, 7) is 0.556. The Morgan fingerprint density at radius 1 is 1.38 bits per heavy atom. The van der Waals surface area contributed by atoms with Crippen LogP contribution in [0.2, 0.25) is 0 Å². The molecule has 7 nitrogen and oxygen atoms in total. The predicted molar refractivity (Wildman–Crippen MR) is 120 cm³/mol. The van der Waals surface area contributed by atoms with Gasteiger partial charge in [0, 0.05) is 12.2 Å². The molecule has 29 heavy (non-hydrogen) atoms. The molecule has 0 spiro atoms. The van der Waals surface area contributed by atoms with Gasteiger partial charge in [0.2, 0.25) is 16.9 Å². The number of aryl methyl sites for hydroxylation is 1. The van der Waals surface area contributed by atoms with Crippen LogP contribution in [0.25, 0.3) is 0 Å². The van der Waals surface area contributed by atoms with Gasteiger partial charge in [0.25, 0.3) is 0 Å². The number of rotatable bonds is 9. The monoisotopic (exact) mass is 531 g/mol. The van der Waals surface area contributed by atoms with Crippen LogP contribution in [-0.4, -0.2) is 46.4 Å². The van der Waals surface area contributed by atoms with Crippen molar-refractivity contribution in [1.82, 2.24) is 10.6 Å². The Morgan fingerprint density at radius 2 is 2.17 bits per heavy atom. The van der Waals surface area contributed by atoms with Crippen molar-refractivity contribution in [3.05, 3.63) is 27.3 Å². The third-order valence-corrected chi connectivity index (χ3v) is 7.32. The lowest BCUT2D eigenvalue weighted by atomic mass is 10.1. The maximum Gasteiger partial charge on any atom is 0.243 e. The third kappa shape index (κ3) is 6.08. The largest absolute Gasteiger partial charge is 0.507 e. The highest BCUT2D eigenvalue weighted by molar-refractivity contribution is 14.1. The molecule has 1 aromatic rings. The molecule has 0 radical (unpaired) electrons. The van der Waals surface area contributed by atoms with Gasteiger partial charge in [-0.2, -0.15) is 0 Å². The number of halogens is 1. The maximum atomic E-state index is 12.8. The average Bonchev–Trinajstić information content (AvgIpc) is 3.33. The molecule has 0 bridgehead atoms. The van der Waals surface area contributed by atoms with Gasteiger partial charge < -0.3 is 21.5 Å². The molecule has 3 rings (SSSR count). The van der Waals surface area contributed by atoms with E-state index in [2.05, 4.69) is 10.6 Å². The van der Waals surface area contributed by atoms with Gasteiger partial charge in [0.15, 0.2) is 0 Å². The topological polar surface area (TPSA) is 122 Å². The van der Waals surface area contributed by atoms with Crippen molar-refractivity contribution in [2.75, 3.05) is 12.3 Å². The number of phenols is 1. The lowest BCUT2D eigenvalue weighted by molar-refractivity contribution is -0.130. The number of aromatic hydroxyl groups is 1. The number of thioether (sulfide) groups is 1. The van der Waals surface area contributed by atoms with Crippen molar-refractivity contribution >= 4 is 51.3 Å². The normalized spacial score (nSPS) is 24.2. The van der Waals surface area contributed by atoms with Gasteiger partial charge in [-0.3, -0.25) is 14.4 Å².